The Kier molecular flexibility index (Phi) is 4.98. The molecule has 0 aliphatic heterocycles. The summed E-state index contributed by atoms with van der Waals surface area (Å²) in [6, 6.07) is 5.39. The average molecular weight is 297 g/mol. The summed E-state index contributed by atoms with van der Waals surface area (Å²) in [6.07, 6.45) is 1.04. The first-order valence-electron chi connectivity index (χ1n) is 5.16. The fourth-order valence-electron chi connectivity index (χ4n) is 1.36. The van der Waals surface area contributed by atoms with Crippen molar-refractivity contribution in [1.82, 2.24) is 0 Å². The Morgan fingerprint density at radius 1 is 1.59 bits per heavy atom. The highest BCUT2D eigenvalue weighted by atomic mass is 79.9. The zero-order chi connectivity index (χ0) is 12.8. The lowest BCUT2D eigenvalue weighted by molar-refractivity contribution is 0.101. The zero-order valence-electron chi connectivity index (χ0n) is 9.50. The number of benzene rings is 1. The molecule has 4 nitrogen and oxygen atoms in total. The van der Waals surface area contributed by atoms with Crippen LogP contribution in [0.25, 0.3) is 0 Å². The van der Waals surface area contributed by atoms with Crippen molar-refractivity contribution in [2.45, 2.75) is 19.8 Å². The first-order chi connectivity index (χ1) is 8.06. The van der Waals surface area contributed by atoms with Crippen LogP contribution in [0.2, 0.25) is 0 Å². The number of nitriles is 1. The number of hydrogen-bond donors (Lipinski definition) is 1. The fourth-order valence-corrected chi connectivity index (χ4v) is 1.84. The number of hydrogen-bond acceptors (Lipinski definition) is 4. The first kappa shape index (κ1) is 13.5. The fraction of sp³-hybridized carbons (Fsp3) is 0.333. The number of unbranched alkanes of at least 4 members (excludes halogenated alkanes) is 1. The molecule has 0 spiro atoms. The lowest BCUT2D eigenvalue weighted by atomic mass is 10.1. The van der Waals surface area contributed by atoms with Crippen LogP contribution < -0.4 is 10.5 Å². The third-order valence-corrected chi connectivity index (χ3v) is 2.60. The van der Waals surface area contributed by atoms with Crippen LogP contribution in [0, 0.1) is 11.3 Å². The average Bonchev–Trinajstić information content (AvgIpc) is 2.25. The van der Waals surface area contributed by atoms with Crippen LogP contribution in [0.5, 0.6) is 5.75 Å². The number of nitrogens with zero attached hydrogens (tertiary/aromatic N) is 1. The van der Waals surface area contributed by atoms with Gasteiger partial charge in [-0.2, -0.15) is 5.26 Å². The summed E-state index contributed by atoms with van der Waals surface area (Å²) in [6.45, 7) is 1.84. The molecular weight excluding hydrogens is 284 g/mol. The second-order valence-corrected chi connectivity index (χ2v) is 4.45. The molecule has 0 aliphatic carbocycles. The first-order valence-corrected chi connectivity index (χ1v) is 5.95. The predicted octanol–water partition coefficient (Wildman–Crippen LogP) is 2.92. The minimum Gasteiger partial charge on any atom is -0.491 e. The van der Waals surface area contributed by atoms with Crippen molar-refractivity contribution in [3.8, 4) is 11.8 Å². The number of ether oxygens (including phenoxy) is 1. The molecule has 5 heteroatoms. The van der Waals surface area contributed by atoms with Crippen LogP contribution >= 0.6 is 15.9 Å². The zero-order valence-corrected chi connectivity index (χ0v) is 11.1. The summed E-state index contributed by atoms with van der Waals surface area (Å²) >= 11 is 3.28. The maximum atomic E-state index is 11.5. The number of halogens is 1. The number of nitrogen functional groups attached to an aromatic ring is 1. The molecule has 1 aromatic carbocycles. The standard InChI is InChI=1S/C12H13BrN2O2/c1-8(16)10-6-9(13)7-11(15)12(10)17-5-3-2-4-14/h6-7H,2-3,5,15H2,1H3. The number of carbonyl (C=O) groups is 1. The smallest absolute Gasteiger partial charge is 0.163 e. The Bertz CT molecular complexity index is 466. The van der Waals surface area contributed by atoms with Gasteiger partial charge in [0.05, 0.1) is 23.9 Å². The maximum absolute atomic E-state index is 11.5. The Labute approximate surface area is 108 Å². The van der Waals surface area contributed by atoms with Crippen molar-refractivity contribution < 1.29 is 9.53 Å². The van der Waals surface area contributed by atoms with E-state index in [1.165, 1.54) is 6.92 Å². The summed E-state index contributed by atoms with van der Waals surface area (Å²) < 4.78 is 6.21. The van der Waals surface area contributed by atoms with Crippen molar-refractivity contribution in [3.05, 3.63) is 22.2 Å². The molecule has 0 aliphatic rings. The van der Waals surface area contributed by atoms with Gasteiger partial charge in [0.1, 0.15) is 0 Å². The number of carbonyl (C=O) groups excluding carboxylic acids is 1. The van der Waals surface area contributed by atoms with Gasteiger partial charge in [0, 0.05) is 10.9 Å². The van der Waals surface area contributed by atoms with E-state index in [9.17, 15) is 4.79 Å². The van der Waals surface area contributed by atoms with Crippen LogP contribution in [0.4, 0.5) is 5.69 Å². The molecule has 90 valence electrons. The van der Waals surface area contributed by atoms with Gasteiger partial charge < -0.3 is 10.5 Å². The summed E-state index contributed by atoms with van der Waals surface area (Å²) in [4.78, 5) is 11.5. The van der Waals surface area contributed by atoms with Crippen molar-refractivity contribution >= 4 is 27.4 Å². The van der Waals surface area contributed by atoms with E-state index in [2.05, 4.69) is 15.9 Å². The summed E-state index contributed by atoms with van der Waals surface area (Å²) in [7, 11) is 0. The summed E-state index contributed by atoms with van der Waals surface area (Å²) in [5.74, 6) is 0.298. The normalized spacial score (nSPS) is 9.71. The van der Waals surface area contributed by atoms with Gasteiger partial charge in [-0.3, -0.25) is 4.79 Å². The molecule has 0 aromatic heterocycles. The summed E-state index contributed by atoms with van der Waals surface area (Å²) in [5.41, 5.74) is 6.67. The highest BCUT2D eigenvalue weighted by Gasteiger charge is 2.13. The Morgan fingerprint density at radius 2 is 2.29 bits per heavy atom. The molecule has 17 heavy (non-hydrogen) atoms. The van der Waals surface area contributed by atoms with Crippen molar-refractivity contribution in [2.24, 2.45) is 0 Å². The maximum Gasteiger partial charge on any atom is 0.163 e. The minimum atomic E-state index is -0.103. The monoisotopic (exact) mass is 296 g/mol. The number of Topliss-reactive ketones (excluding diaryl/α,β-unsaturated/α-hetero) is 1. The van der Waals surface area contributed by atoms with Gasteiger partial charge in [0.15, 0.2) is 11.5 Å². The van der Waals surface area contributed by atoms with Gasteiger partial charge in [-0.1, -0.05) is 15.9 Å². The highest BCUT2D eigenvalue weighted by Crippen LogP contribution is 2.31. The molecule has 0 radical (unpaired) electrons. The molecule has 1 aromatic rings. The van der Waals surface area contributed by atoms with Gasteiger partial charge in [-0.15, -0.1) is 0 Å². The SMILES string of the molecule is CC(=O)c1cc(Br)cc(N)c1OCCCC#N. The predicted molar refractivity (Wildman–Crippen MR) is 68.9 cm³/mol. The van der Waals surface area contributed by atoms with Crippen LogP contribution in [-0.2, 0) is 0 Å². The van der Waals surface area contributed by atoms with Crippen molar-refractivity contribution in [1.29, 1.82) is 5.26 Å². The molecule has 0 saturated carbocycles. The van der Waals surface area contributed by atoms with Crippen LogP contribution in [0.3, 0.4) is 0 Å². The van der Waals surface area contributed by atoms with E-state index in [0.29, 0.717) is 36.4 Å². The molecular formula is C12H13BrN2O2. The van der Waals surface area contributed by atoms with Crippen molar-refractivity contribution in [2.75, 3.05) is 12.3 Å². The van der Waals surface area contributed by atoms with E-state index in [1.54, 1.807) is 12.1 Å². The Morgan fingerprint density at radius 3 is 2.88 bits per heavy atom. The molecule has 0 amide bonds. The van der Waals surface area contributed by atoms with Crippen LogP contribution in [0.15, 0.2) is 16.6 Å². The second-order valence-electron chi connectivity index (χ2n) is 3.54. The van der Waals surface area contributed by atoms with E-state index in [-0.39, 0.29) is 5.78 Å². The number of ketones is 1. The van der Waals surface area contributed by atoms with E-state index >= 15 is 0 Å². The molecule has 0 saturated heterocycles. The number of rotatable bonds is 5. The van der Waals surface area contributed by atoms with Gasteiger partial charge >= 0.3 is 0 Å². The third-order valence-electron chi connectivity index (χ3n) is 2.14. The van der Waals surface area contributed by atoms with E-state index in [0.717, 1.165) is 4.47 Å². The lowest BCUT2D eigenvalue weighted by Gasteiger charge is -2.12. The number of anilines is 1. The molecule has 2 N–H and O–H groups in total. The molecule has 0 bridgehead atoms. The van der Waals surface area contributed by atoms with Gasteiger partial charge in [-0.05, 0) is 25.5 Å². The Hall–Kier alpha value is -1.54. The molecule has 0 atom stereocenters. The van der Waals surface area contributed by atoms with Gasteiger partial charge in [0.2, 0.25) is 0 Å². The topological polar surface area (TPSA) is 76.1 Å². The number of nitrogens with two attached hydrogens (primary N) is 1. The minimum absolute atomic E-state index is 0.103. The van der Waals surface area contributed by atoms with Crippen molar-refractivity contribution in [3.63, 3.8) is 0 Å². The van der Waals surface area contributed by atoms with Gasteiger partial charge in [0.25, 0.3) is 0 Å². The Balaban J connectivity index is 2.89. The molecule has 0 heterocycles. The lowest BCUT2D eigenvalue weighted by Crippen LogP contribution is -2.06. The summed E-state index contributed by atoms with van der Waals surface area (Å²) in [5, 5.41) is 8.41. The highest BCUT2D eigenvalue weighted by molar-refractivity contribution is 9.10. The largest absolute Gasteiger partial charge is 0.491 e. The van der Waals surface area contributed by atoms with Gasteiger partial charge in [-0.25, -0.2) is 0 Å². The molecule has 0 unspecified atom stereocenters. The van der Waals surface area contributed by atoms with E-state index < -0.39 is 0 Å². The quantitative estimate of drug-likeness (QED) is 0.515. The molecule has 1 rings (SSSR count). The third kappa shape index (κ3) is 3.75. The second kappa shape index (κ2) is 6.26. The molecule has 0 fully saturated rings. The van der Waals surface area contributed by atoms with Crippen LogP contribution in [-0.4, -0.2) is 12.4 Å². The van der Waals surface area contributed by atoms with E-state index in [4.69, 9.17) is 15.7 Å². The van der Waals surface area contributed by atoms with Crippen LogP contribution in [0.1, 0.15) is 30.1 Å². The van der Waals surface area contributed by atoms with E-state index in [1.807, 2.05) is 6.07 Å².